The summed E-state index contributed by atoms with van der Waals surface area (Å²) in [6, 6.07) is 4.50. The molecule has 1 aliphatic heterocycles. The lowest BCUT2D eigenvalue weighted by Gasteiger charge is -2.43. The Morgan fingerprint density at radius 1 is 1.40 bits per heavy atom. The minimum absolute atomic E-state index is 0.0248. The van der Waals surface area contributed by atoms with Crippen molar-refractivity contribution in [3.05, 3.63) is 23.2 Å². The third-order valence-electron chi connectivity index (χ3n) is 4.63. The highest BCUT2D eigenvalue weighted by molar-refractivity contribution is 6.32. The third-order valence-corrected chi connectivity index (χ3v) is 4.92. The van der Waals surface area contributed by atoms with Crippen molar-refractivity contribution in [1.29, 1.82) is 0 Å². The minimum Gasteiger partial charge on any atom is -0.433 e. The molecule has 0 bridgehead atoms. The Bertz CT molecular complexity index is 616. The van der Waals surface area contributed by atoms with E-state index in [0.717, 1.165) is 25.8 Å². The van der Waals surface area contributed by atoms with E-state index < -0.39 is 6.61 Å². The van der Waals surface area contributed by atoms with Gasteiger partial charge < -0.3 is 14.8 Å². The van der Waals surface area contributed by atoms with Crippen molar-refractivity contribution < 1.29 is 23.0 Å². The van der Waals surface area contributed by atoms with Crippen molar-refractivity contribution in [3.8, 4) is 5.75 Å². The second kappa shape index (κ2) is 8.29. The molecule has 5 nitrogen and oxygen atoms in total. The van der Waals surface area contributed by atoms with Crippen LogP contribution in [-0.4, -0.2) is 49.3 Å². The first-order valence-electron chi connectivity index (χ1n) is 8.43. The summed E-state index contributed by atoms with van der Waals surface area (Å²) in [6.07, 6.45) is 4.64. The third kappa shape index (κ3) is 4.80. The van der Waals surface area contributed by atoms with Gasteiger partial charge in [0.2, 0.25) is 5.91 Å². The fraction of sp³-hybridized carbons (Fsp3) is 0.588. The number of anilines is 1. The largest absolute Gasteiger partial charge is 0.433 e. The molecule has 0 radical (unpaired) electrons. The van der Waals surface area contributed by atoms with Crippen LogP contribution in [0.15, 0.2) is 18.2 Å². The lowest BCUT2D eigenvalue weighted by molar-refractivity contribution is -0.124. The van der Waals surface area contributed by atoms with Gasteiger partial charge in [-0.2, -0.15) is 8.78 Å². The van der Waals surface area contributed by atoms with E-state index in [9.17, 15) is 13.6 Å². The molecule has 1 N–H and O–H groups in total. The molecule has 1 saturated heterocycles. The van der Waals surface area contributed by atoms with Crippen molar-refractivity contribution in [2.24, 2.45) is 0 Å². The summed E-state index contributed by atoms with van der Waals surface area (Å²) in [4.78, 5) is 14.5. The van der Waals surface area contributed by atoms with Gasteiger partial charge in [-0.15, -0.1) is 0 Å². The highest BCUT2D eigenvalue weighted by atomic mass is 35.5. The number of amides is 1. The maximum Gasteiger partial charge on any atom is 0.387 e. The predicted octanol–water partition coefficient (Wildman–Crippen LogP) is 3.52. The number of morpholine rings is 1. The molecule has 0 aromatic heterocycles. The maximum atomic E-state index is 12.3. The molecular weight excluding hydrogens is 354 g/mol. The number of nitrogens with zero attached hydrogens (tertiary/aromatic N) is 1. The first-order valence-corrected chi connectivity index (χ1v) is 8.80. The van der Waals surface area contributed by atoms with Crippen LogP contribution in [0.5, 0.6) is 5.75 Å². The molecule has 138 valence electrons. The molecule has 0 unspecified atom stereocenters. The topological polar surface area (TPSA) is 50.8 Å². The van der Waals surface area contributed by atoms with E-state index in [0.29, 0.717) is 18.3 Å². The molecule has 1 amide bonds. The first-order chi connectivity index (χ1) is 12.0. The second-order valence-electron chi connectivity index (χ2n) is 6.30. The summed E-state index contributed by atoms with van der Waals surface area (Å²) < 4.78 is 34.6. The highest BCUT2D eigenvalue weighted by Gasteiger charge is 2.34. The fourth-order valence-electron chi connectivity index (χ4n) is 3.53. The first kappa shape index (κ1) is 18.4. The summed E-state index contributed by atoms with van der Waals surface area (Å²) in [5, 5.41) is 2.78. The van der Waals surface area contributed by atoms with Crippen LogP contribution in [0.3, 0.4) is 0 Å². The Labute approximate surface area is 150 Å². The van der Waals surface area contributed by atoms with E-state index in [-0.39, 0.29) is 29.3 Å². The van der Waals surface area contributed by atoms with Crippen LogP contribution >= 0.6 is 11.6 Å². The summed E-state index contributed by atoms with van der Waals surface area (Å²) in [5.74, 6) is -0.280. The van der Waals surface area contributed by atoms with Gasteiger partial charge in [0.05, 0.1) is 24.3 Å². The quantitative estimate of drug-likeness (QED) is 0.856. The van der Waals surface area contributed by atoms with Gasteiger partial charge in [-0.1, -0.05) is 24.4 Å². The lowest BCUT2D eigenvalue weighted by Crippen LogP contribution is -2.54. The van der Waals surface area contributed by atoms with Gasteiger partial charge in [0.15, 0.2) is 0 Å². The Morgan fingerprint density at radius 2 is 2.20 bits per heavy atom. The molecule has 1 aromatic carbocycles. The standard InChI is InChI=1S/C17H21ClF2N2O3/c18-12-9-11(5-6-14(12)25-17(19)20)21-16(23)10-22-7-8-24-15-4-2-1-3-13(15)22/h5-6,9,13,15,17H,1-4,7-8,10H2,(H,21,23)/t13-,15-/m0/s1. The van der Waals surface area contributed by atoms with Crippen LogP contribution in [0, 0.1) is 0 Å². The average molecular weight is 375 g/mol. The van der Waals surface area contributed by atoms with Crippen LogP contribution in [0.25, 0.3) is 0 Å². The van der Waals surface area contributed by atoms with Gasteiger partial charge in [-0.25, -0.2) is 0 Å². The monoisotopic (exact) mass is 374 g/mol. The highest BCUT2D eigenvalue weighted by Crippen LogP contribution is 2.30. The molecule has 25 heavy (non-hydrogen) atoms. The normalized spacial score (nSPS) is 24.0. The molecule has 1 aliphatic carbocycles. The van der Waals surface area contributed by atoms with Gasteiger partial charge in [0, 0.05) is 18.3 Å². The molecule has 3 rings (SSSR count). The van der Waals surface area contributed by atoms with Crippen molar-refractivity contribution in [2.75, 3.05) is 25.0 Å². The average Bonchev–Trinajstić information content (AvgIpc) is 2.57. The number of rotatable bonds is 5. The van der Waals surface area contributed by atoms with Crippen LogP contribution < -0.4 is 10.1 Å². The van der Waals surface area contributed by atoms with E-state index in [1.807, 2.05) is 0 Å². The van der Waals surface area contributed by atoms with E-state index in [1.54, 1.807) is 0 Å². The fourth-order valence-corrected chi connectivity index (χ4v) is 3.75. The second-order valence-corrected chi connectivity index (χ2v) is 6.71. The predicted molar refractivity (Wildman–Crippen MR) is 90.3 cm³/mol. The number of fused-ring (bicyclic) bond motifs is 1. The molecule has 2 atom stereocenters. The zero-order valence-corrected chi connectivity index (χ0v) is 14.5. The van der Waals surface area contributed by atoms with Crippen LogP contribution in [-0.2, 0) is 9.53 Å². The van der Waals surface area contributed by atoms with E-state index in [1.165, 1.54) is 24.6 Å². The number of alkyl halides is 2. The summed E-state index contributed by atoms with van der Waals surface area (Å²) in [7, 11) is 0. The minimum atomic E-state index is -2.94. The molecule has 8 heteroatoms. The van der Waals surface area contributed by atoms with Crippen LogP contribution in [0.4, 0.5) is 14.5 Å². The number of ether oxygens (including phenoxy) is 2. The van der Waals surface area contributed by atoms with E-state index in [4.69, 9.17) is 16.3 Å². The molecule has 2 fully saturated rings. The van der Waals surface area contributed by atoms with Gasteiger partial charge >= 0.3 is 6.61 Å². The Balaban J connectivity index is 1.57. The number of carbonyl (C=O) groups is 1. The summed E-state index contributed by atoms with van der Waals surface area (Å²) in [6.45, 7) is -1.30. The molecule has 1 aromatic rings. The Morgan fingerprint density at radius 3 is 2.96 bits per heavy atom. The number of nitrogens with one attached hydrogen (secondary N) is 1. The Hall–Kier alpha value is -1.44. The zero-order chi connectivity index (χ0) is 17.8. The van der Waals surface area contributed by atoms with Crippen molar-refractivity contribution in [2.45, 2.75) is 44.4 Å². The van der Waals surface area contributed by atoms with Crippen LogP contribution in [0.1, 0.15) is 25.7 Å². The number of carbonyl (C=O) groups excluding carboxylic acids is 1. The lowest BCUT2D eigenvalue weighted by atomic mass is 9.90. The number of hydrogen-bond acceptors (Lipinski definition) is 4. The van der Waals surface area contributed by atoms with E-state index >= 15 is 0 Å². The van der Waals surface area contributed by atoms with Gasteiger partial charge in [0.1, 0.15) is 5.75 Å². The molecule has 1 heterocycles. The molecule has 0 spiro atoms. The number of benzene rings is 1. The number of hydrogen-bond donors (Lipinski definition) is 1. The SMILES string of the molecule is O=C(CN1CCO[C@H]2CCCC[C@@H]21)Nc1ccc(OC(F)F)c(Cl)c1. The maximum absolute atomic E-state index is 12.3. The molecule has 1 saturated carbocycles. The van der Waals surface area contributed by atoms with Gasteiger partial charge in [0.25, 0.3) is 0 Å². The summed E-state index contributed by atoms with van der Waals surface area (Å²) >= 11 is 5.90. The smallest absolute Gasteiger partial charge is 0.387 e. The van der Waals surface area contributed by atoms with Crippen molar-refractivity contribution in [3.63, 3.8) is 0 Å². The zero-order valence-electron chi connectivity index (χ0n) is 13.7. The molecule has 2 aliphatic rings. The van der Waals surface area contributed by atoms with Crippen molar-refractivity contribution in [1.82, 2.24) is 4.90 Å². The molecular formula is C17H21ClF2N2O3. The Kier molecular flexibility index (Phi) is 6.09. The summed E-state index contributed by atoms with van der Waals surface area (Å²) in [5.41, 5.74) is 0.449. The number of halogens is 3. The van der Waals surface area contributed by atoms with Gasteiger partial charge in [-0.05, 0) is 31.0 Å². The van der Waals surface area contributed by atoms with Gasteiger partial charge in [-0.3, -0.25) is 9.69 Å². The van der Waals surface area contributed by atoms with E-state index in [2.05, 4.69) is 15.0 Å². The van der Waals surface area contributed by atoms with Crippen LogP contribution in [0.2, 0.25) is 5.02 Å². The van der Waals surface area contributed by atoms with Crippen molar-refractivity contribution >= 4 is 23.2 Å².